The van der Waals surface area contributed by atoms with Gasteiger partial charge in [-0.2, -0.15) is 0 Å². The van der Waals surface area contributed by atoms with E-state index in [2.05, 4.69) is 0 Å². The van der Waals surface area contributed by atoms with Crippen LogP contribution in [0.15, 0.2) is 30.3 Å². The Labute approximate surface area is 117 Å². The number of rotatable bonds is 4. The Kier molecular flexibility index (Phi) is 3.61. The van der Waals surface area contributed by atoms with E-state index in [1.54, 1.807) is 38.1 Å². The molecule has 1 aromatic rings. The van der Waals surface area contributed by atoms with Gasteiger partial charge >= 0.3 is 5.97 Å². The number of carbonyl (C=O) groups is 3. The van der Waals surface area contributed by atoms with Gasteiger partial charge < -0.3 is 5.11 Å². The summed E-state index contributed by atoms with van der Waals surface area (Å²) in [5, 5.41) is 9.35. The molecule has 1 fully saturated rings. The first-order valence-electron chi connectivity index (χ1n) is 6.46. The smallest absolute Gasteiger partial charge is 0.327 e. The van der Waals surface area contributed by atoms with Crippen molar-refractivity contribution in [2.24, 2.45) is 5.41 Å². The normalized spacial score (nSPS) is 19.2. The topological polar surface area (TPSA) is 74.7 Å². The van der Waals surface area contributed by atoms with E-state index in [1.165, 1.54) is 0 Å². The number of hydrogen-bond acceptors (Lipinski definition) is 3. The molecule has 0 bridgehead atoms. The predicted octanol–water partition coefficient (Wildman–Crippen LogP) is 1.47. The van der Waals surface area contributed by atoms with Crippen LogP contribution < -0.4 is 0 Å². The molecule has 1 aliphatic rings. The molecule has 1 N–H and O–H groups in total. The lowest BCUT2D eigenvalue weighted by molar-refractivity contribution is -0.155. The van der Waals surface area contributed by atoms with E-state index in [4.69, 9.17) is 0 Å². The number of likely N-dealkylation sites (tertiary alicyclic amines) is 1. The highest BCUT2D eigenvalue weighted by atomic mass is 16.4. The number of carboxylic acids is 1. The number of nitrogens with zero attached hydrogens (tertiary/aromatic N) is 1. The molecule has 0 aromatic heterocycles. The van der Waals surface area contributed by atoms with Gasteiger partial charge in [-0.25, -0.2) is 4.79 Å². The number of carboxylic acid groups (broad SMARTS) is 1. The van der Waals surface area contributed by atoms with E-state index in [0.717, 1.165) is 10.5 Å². The number of imide groups is 1. The minimum Gasteiger partial charge on any atom is -0.480 e. The number of hydrogen-bond donors (Lipinski definition) is 1. The molecule has 0 radical (unpaired) electrons. The van der Waals surface area contributed by atoms with Gasteiger partial charge in [0.15, 0.2) is 0 Å². The third-order valence-electron chi connectivity index (χ3n) is 3.53. The van der Waals surface area contributed by atoms with E-state index >= 15 is 0 Å². The zero-order valence-corrected chi connectivity index (χ0v) is 11.5. The molecule has 1 heterocycles. The molecule has 1 aromatic carbocycles. The van der Waals surface area contributed by atoms with E-state index in [-0.39, 0.29) is 12.8 Å². The first kappa shape index (κ1) is 14.2. The molecule has 0 aliphatic carbocycles. The molecule has 5 nitrogen and oxygen atoms in total. The van der Waals surface area contributed by atoms with Crippen molar-refractivity contribution < 1.29 is 19.5 Å². The summed E-state index contributed by atoms with van der Waals surface area (Å²) in [5.74, 6) is -1.98. The Bertz CT molecular complexity index is 550. The van der Waals surface area contributed by atoms with Gasteiger partial charge in [0.25, 0.3) is 0 Å². The summed E-state index contributed by atoms with van der Waals surface area (Å²) in [4.78, 5) is 36.6. The van der Waals surface area contributed by atoms with Crippen LogP contribution in [-0.4, -0.2) is 33.8 Å². The third kappa shape index (κ3) is 2.57. The van der Waals surface area contributed by atoms with Crippen LogP contribution in [0.2, 0.25) is 0 Å². The summed E-state index contributed by atoms with van der Waals surface area (Å²) in [7, 11) is 0. The highest BCUT2D eigenvalue weighted by Gasteiger charge is 2.49. The molecule has 0 spiro atoms. The van der Waals surface area contributed by atoms with Gasteiger partial charge in [0.05, 0.1) is 5.41 Å². The van der Waals surface area contributed by atoms with Gasteiger partial charge in [0.1, 0.15) is 6.04 Å². The first-order chi connectivity index (χ1) is 9.33. The molecule has 2 rings (SSSR count). The van der Waals surface area contributed by atoms with Crippen LogP contribution in [0.25, 0.3) is 0 Å². The molecule has 2 amide bonds. The Morgan fingerprint density at radius 2 is 1.90 bits per heavy atom. The molecule has 5 heteroatoms. The van der Waals surface area contributed by atoms with Gasteiger partial charge in [-0.1, -0.05) is 44.2 Å². The van der Waals surface area contributed by atoms with E-state index in [1.807, 2.05) is 6.07 Å². The highest BCUT2D eigenvalue weighted by Crippen LogP contribution is 2.33. The van der Waals surface area contributed by atoms with Gasteiger partial charge in [0.2, 0.25) is 11.8 Å². The minimum atomic E-state index is -1.16. The molecule has 1 saturated heterocycles. The predicted molar refractivity (Wildman–Crippen MR) is 71.8 cm³/mol. The number of amides is 2. The Morgan fingerprint density at radius 1 is 1.30 bits per heavy atom. The molecule has 1 aliphatic heterocycles. The molecular formula is C15H17NO4. The largest absolute Gasteiger partial charge is 0.480 e. The summed E-state index contributed by atoms with van der Waals surface area (Å²) >= 11 is 0. The summed E-state index contributed by atoms with van der Waals surface area (Å²) in [6.45, 7) is 3.32. The summed E-state index contributed by atoms with van der Waals surface area (Å²) in [5.41, 5.74) is -0.0354. The number of carbonyl (C=O) groups excluding carboxylic acids is 2. The van der Waals surface area contributed by atoms with E-state index < -0.39 is 29.2 Å². The average molecular weight is 275 g/mol. The summed E-state index contributed by atoms with van der Waals surface area (Å²) in [6.07, 6.45) is 0.189. The van der Waals surface area contributed by atoms with Crippen LogP contribution in [0.1, 0.15) is 25.8 Å². The fraction of sp³-hybridized carbons (Fsp3) is 0.400. The third-order valence-corrected chi connectivity index (χ3v) is 3.53. The molecule has 0 saturated carbocycles. The molecule has 1 unspecified atom stereocenters. The average Bonchev–Trinajstić information content (AvgIpc) is 2.57. The molecule has 106 valence electrons. The zero-order chi connectivity index (χ0) is 14.9. The summed E-state index contributed by atoms with van der Waals surface area (Å²) in [6, 6.07) is 7.85. The molecular weight excluding hydrogens is 258 g/mol. The van der Waals surface area contributed by atoms with Crippen molar-refractivity contribution in [3.8, 4) is 0 Å². The minimum absolute atomic E-state index is 0.0599. The lowest BCUT2D eigenvalue weighted by Crippen LogP contribution is -2.47. The van der Waals surface area contributed by atoms with Crippen LogP contribution in [0.4, 0.5) is 0 Å². The Morgan fingerprint density at radius 3 is 2.35 bits per heavy atom. The van der Waals surface area contributed by atoms with Gasteiger partial charge in [-0.15, -0.1) is 0 Å². The number of aliphatic carboxylic acids is 1. The second kappa shape index (κ2) is 5.07. The highest BCUT2D eigenvalue weighted by molar-refractivity contribution is 6.08. The lowest BCUT2D eigenvalue weighted by atomic mass is 9.92. The molecule has 1 atom stereocenters. The van der Waals surface area contributed by atoms with Crippen molar-refractivity contribution in [3.63, 3.8) is 0 Å². The van der Waals surface area contributed by atoms with Crippen molar-refractivity contribution in [2.75, 3.05) is 0 Å². The number of benzene rings is 1. The van der Waals surface area contributed by atoms with E-state index in [9.17, 15) is 19.5 Å². The fourth-order valence-electron chi connectivity index (χ4n) is 2.42. The van der Waals surface area contributed by atoms with Crippen LogP contribution >= 0.6 is 0 Å². The SMILES string of the molecule is CC1(C)CC(=O)N(C(Cc2ccccc2)C(=O)O)C1=O. The van der Waals surface area contributed by atoms with Crippen LogP contribution in [0.3, 0.4) is 0 Å². The maximum absolute atomic E-state index is 12.2. The Hall–Kier alpha value is -2.17. The standard InChI is InChI=1S/C15H17NO4/c1-15(2)9-12(17)16(14(15)20)11(13(18)19)8-10-6-4-3-5-7-10/h3-7,11H,8-9H2,1-2H3,(H,18,19). The fourth-order valence-corrected chi connectivity index (χ4v) is 2.42. The van der Waals surface area contributed by atoms with E-state index in [0.29, 0.717) is 0 Å². The maximum atomic E-state index is 12.2. The van der Waals surface area contributed by atoms with Crippen molar-refractivity contribution in [2.45, 2.75) is 32.7 Å². The maximum Gasteiger partial charge on any atom is 0.327 e. The first-order valence-corrected chi connectivity index (χ1v) is 6.46. The van der Waals surface area contributed by atoms with Crippen molar-refractivity contribution in [3.05, 3.63) is 35.9 Å². The van der Waals surface area contributed by atoms with Gasteiger partial charge in [-0.05, 0) is 5.56 Å². The molecule has 20 heavy (non-hydrogen) atoms. The lowest BCUT2D eigenvalue weighted by Gasteiger charge is -2.24. The van der Waals surface area contributed by atoms with Crippen LogP contribution in [0, 0.1) is 5.41 Å². The second-order valence-corrected chi connectivity index (χ2v) is 5.67. The van der Waals surface area contributed by atoms with Crippen LogP contribution in [0.5, 0.6) is 0 Å². The zero-order valence-electron chi connectivity index (χ0n) is 11.5. The monoisotopic (exact) mass is 275 g/mol. The Balaban J connectivity index is 2.28. The van der Waals surface area contributed by atoms with Crippen molar-refractivity contribution >= 4 is 17.8 Å². The quantitative estimate of drug-likeness (QED) is 0.844. The van der Waals surface area contributed by atoms with Crippen molar-refractivity contribution in [1.29, 1.82) is 0 Å². The van der Waals surface area contributed by atoms with Crippen LogP contribution in [-0.2, 0) is 20.8 Å². The van der Waals surface area contributed by atoms with Gasteiger partial charge in [-0.3, -0.25) is 14.5 Å². The van der Waals surface area contributed by atoms with Crippen molar-refractivity contribution in [1.82, 2.24) is 4.90 Å². The summed E-state index contributed by atoms with van der Waals surface area (Å²) < 4.78 is 0. The second-order valence-electron chi connectivity index (χ2n) is 5.67. The van der Waals surface area contributed by atoms with Gasteiger partial charge in [0, 0.05) is 12.8 Å².